The van der Waals surface area contributed by atoms with Crippen LogP contribution in [-0.2, 0) is 0 Å². The van der Waals surface area contributed by atoms with Gasteiger partial charge in [0.25, 0.3) is 5.91 Å². The van der Waals surface area contributed by atoms with Crippen molar-refractivity contribution in [3.05, 3.63) is 54.1 Å². The number of ether oxygens (including phenoxy) is 1. The Bertz CT molecular complexity index is 683. The SMILES string of the molecule is COc1ccccc1Nc1ccccc1C(=O)NC(C)(C)CO. The molecule has 0 aromatic heterocycles. The van der Waals surface area contributed by atoms with E-state index in [0.717, 1.165) is 5.69 Å². The van der Waals surface area contributed by atoms with E-state index in [0.29, 0.717) is 17.0 Å². The van der Waals surface area contributed by atoms with E-state index in [1.807, 2.05) is 36.4 Å². The zero-order valence-corrected chi connectivity index (χ0v) is 13.6. The minimum Gasteiger partial charge on any atom is -0.495 e. The molecule has 0 atom stereocenters. The molecule has 0 aliphatic rings. The Morgan fingerprint density at radius 3 is 2.35 bits per heavy atom. The van der Waals surface area contributed by atoms with Crippen molar-refractivity contribution < 1.29 is 14.6 Å². The van der Waals surface area contributed by atoms with Gasteiger partial charge >= 0.3 is 0 Å². The molecule has 0 spiro atoms. The van der Waals surface area contributed by atoms with Crippen LogP contribution in [0.15, 0.2) is 48.5 Å². The van der Waals surface area contributed by atoms with Crippen LogP contribution in [0, 0.1) is 0 Å². The quantitative estimate of drug-likeness (QED) is 0.766. The molecule has 0 saturated heterocycles. The predicted octanol–water partition coefficient (Wildman–Crippen LogP) is 2.94. The Labute approximate surface area is 136 Å². The highest BCUT2D eigenvalue weighted by atomic mass is 16.5. The maximum absolute atomic E-state index is 12.5. The summed E-state index contributed by atoms with van der Waals surface area (Å²) in [6.45, 7) is 3.39. The summed E-state index contributed by atoms with van der Waals surface area (Å²) in [5.41, 5.74) is 1.26. The van der Waals surface area contributed by atoms with E-state index in [2.05, 4.69) is 10.6 Å². The molecule has 2 rings (SSSR count). The molecule has 3 N–H and O–H groups in total. The van der Waals surface area contributed by atoms with E-state index in [9.17, 15) is 9.90 Å². The van der Waals surface area contributed by atoms with Gasteiger partial charge in [0.15, 0.2) is 0 Å². The second kappa shape index (κ2) is 7.15. The summed E-state index contributed by atoms with van der Waals surface area (Å²) in [6, 6.07) is 14.7. The van der Waals surface area contributed by atoms with Gasteiger partial charge in [-0.2, -0.15) is 0 Å². The third kappa shape index (κ3) is 4.23. The number of hydrogen-bond acceptors (Lipinski definition) is 4. The summed E-state index contributed by atoms with van der Waals surface area (Å²) < 4.78 is 5.32. The number of aliphatic hydroxyl groups is 1. The average Bonchev–Trinajstić information content (AvgIpc) is 2.55. The molecule has 0 unspecified atom stereocenters. The Morgan fingerprint density at radius 1 is 1.09 bits per heavy atom. The largest absolute Gasteiger partial charge is 0.495 e. The Hall–Kier alpha value is -2.53. The number of para-hydroxylation sites is 3. The van der Waals surface area contributed by atoms with E-state index < -0.39 is 5.54 Å². The number of carbonyl (C=O) groups is 1. The predicted molar refractivity (Wildman–Crippen MR) is 91.3 cm³/mol. The Kier molecular flexibility index (Phi) is 5.24. The van der Waals surface area contributed by atoms with Crippen LogP contribution in [0.3, 0.4) is 0 Å². The van der Waals surface area contributed by atoms with Gasteiger partial charge < -0.3 is 20.5 Å². The number of carbonyl (C=O) groups excluding carboxylic acids is 1. The lowest BCUT2D eigenvalue weighted by molar-refractivity contribution is 0.0870. The molecular weight excluding hydrogens is 292 g/mol. The molecule has 5 nitrogen and oxygen atoms in total. The molecule has 0 aliphatic heterocycles. The number of methoxy groups -OCH3 is 1. The smallest absolute Gasteiger partial charge is 0.253 e. The van der Waals surface area contributed by atoms with Crippen molar-refractivity contribution in [3.63, 3.8) is 0 Å². The molecule has 23 heavy (non-hydrogen) atoms. The summed E-state index contributed by atoms with van der Waals surface area (Å²) >= 11 is 0. The standard InChI is InChI=1S/C18H22N2O3/c1-18(2,12-21)20-17(22)13-8-4-5-9-14(13)19-15-10-6-7-11-16(15)23-3/h4-11,19,21H,12H2,1-3H3,(H,20,22). The highest BCUT2D eigenvalue weighted by Crippen LogP contribution is 2.28. The van der Waals surface area contributed by atoms with Crippen molar-refractivity contribution in [2.75, 3.05) is 19.0 Å². The minimum absolute atomic E-state index is 0.138. The van der Waals surface area contributed by atoms with Crippen LogP contribution in [0.1, 0.15) is 24.2 Å². The molecular formula is C18H22N2O3. The maximum atomic E-state index is 12.5. The maximum Gasteiger partial charge on any atom is 0.253 e. The summed E-state index contributed by atoms with van der Waals surface area (Å²) in [7, 11) is 1.60. The lowest BCUT2D eigenvalue weighted by Crippen LogP contribution is -2.46. The molecule has 1 amide bonds. The summed E-state index contributed by atoms with van der Waals surface area (Å²) in [6.07, 6.45) is 0. The monoisotopic (exact) mass is 314 g/mol. The third-order valence-corrected chi connectivity index (χ3v) is 3.40. The molecule has 122 valence electrons. The van der Waals surface area contributed by atoms with Crippen molar-refractivity contribution in [3.8, 4) is 5.75 Å². The molecule has 2 aromatic rings. The molecule has 5 heteroatoms. The van der Waals surface area contributed by atoms with Gasteiger partial charge in [0.1, 0.15) is 5.75 Å². The van der Waals surface area contributed by atoms with Crippen molar-refractivity contribution >= 4 is 17.3 Å². The second-order valence-electron chi connectivity index (χ2n) is 5.87. The van der Waals surface area contributed by atoms with E-state index in [1.165, 1.54) is 0 Å². The summed E-state index contributed by atoms with van der Waals surface area (Å²) in [5.74, 6) is 0.445. The highest BCUT2D eigenvalue weighted by Gasteiger charge is 2.21. The first-order chi connectivity index (χ1) is 11.0. The van der Waals surface area contributed by atoms with Gasteiger partial charge in [-0.25, -0.2) is 0 Å². The molecule has 0 bridgehead atoms. The van der Waals surface area contributed by atoms with Gasteiger partial charge in [-0.1, -0.05) is 24.3 Å². The van der Waals surface area contributed by atoms with Crippen LogP contribution >= 0.6 is 0 Å². The number of amides is 1. The lowest BCUT2D eigenvalue weighted by atomic mass is 10.1. The number of benzene rings is 2. The van der Waals surface area contributed by atoms with Crippen LogP contribution < -0.4 is 15.4 Å². The first kappa shape index (κ1) is 16.8. The normalized spacial score (nSPS) is 11.0. The van der Waals surface area contributed by atoms with Crippen molar-refractivity contribution in [1.29, 1.82) is 0 Å². The van der Waals surface area contributed by atoms with E-state index in [1.54, 1.807) is 33.1 Å². The van der Waals surface area contributed by atoms with Gasteiger partial charge in [0.2, 0.25) is 0 Å². The fraction of sp³-hybridized carbons (Fsp3) is 0.278. The second-order valence-corrected chi connectivity index (χ2v) is 5.87. The molecule has 0 heterocycles. The van der Waals surface area contributed by atoms with E-state index in [4.69, 9.17) is 4.74 Å². The van der Waals surface area contributed by atoms with Gasteiger partial charge in [-0.15, -0.1) is 0 Å². The Morgan fingerprint density at radius 2 is 1.70 bits per heavy atom. The molecule has 0 aliphatic carbocycles. The fourth-order valence-corrected chi connectivity index (χ4v) is 2.10. The molecule has 0 fully saturated rings. The first-order valence-corrected chi connectivity index (χ1v) is 7.39. The van der Waals surface area contributed by atoms with Crippen molar-refractivity contribution in [1.82, 2.24) is 5.32 Å². The topological polar surface area (TPSA) is 70.6 Å². The average molecular weight is 314 g/mol. The highest BCUT2D eigenvalue weighted by molar-refractivity contribution is 6.00. The third-order valence-electron chi connectivity index (χ3n) is 3.40. The first-order valence-electron chi connectivity index (χ1n) is 7.39. The zero-order chi connectivity index (χ0) is 16.9. The van der Waals surface area contributed by atoms with Crippen LogP contribution in [0.5, 0.6) is 5.75 Å². The number of hydrogen-bond donors (Lipinski definition) is 3. The van der Waals surface area contributed by atoms with Crippen LogP contribution in [-0.4, -0.2) is 30.3 Å². The van der Waals surface area contributed by atoms with E-state index in [-0.39, 0.29) is 12.5 Å². The van der Waals surface area contributed by atoms with Crippen LogP contribution in [0.4, 0.5) is 11.4 Å². The van der Waals surface area contributed by atoms with Crippen LogP contribution in [0.25, 0.3) is 0 Å². The number of aliphatic hydroxyl groups excluding tert-OH is 1. The van der Waals surface area contributed by atoms with Gasteiger partial charge in [0.05, 0.1) is 36.2 Å². The lowest BCUT2D eigenvalue weighted by Gasteiger charge is -2.24. The number of nitrogens with one attached hydrogen (secondary N) is 2. The summed E-state index contributed by atoms with van der Waals surface area (Å²) in [4.78, 5) is 12.5. The minimum atomic E-state index is -0.686. The van der Waals surface area contributed by atoms with Crippen LogP contribution in [0.2, 0.25) is 0 Å². The zero-order valence-electron chi connectivity index (χ0n) is 13.6. The molecule has 0 saturated carbocycles. The van der Waals surface area contributed by atoms with Gasteiger partial charge in [0, 0.05) is 0 Å². The molecule has 2 aromatic carbocycles. The van der Waals surface area contributed by atoms with Crippen molar-refractivity contribution in [2.24, 2.45) is 0 Å². The number of rotatable bonds is 6. The van der Waals surface area contributed by atoms with Gasteiger partial charge in [-0.3, -0.25) is 4.79 Å². The van der Waals surface area contributed by atoms with E-state index >= 15 is 0 Å². The van der Waals surface area contributed by atoms with Gasteiger partial charge in [-0.05, 0) is 38.1 Å². The molecule has 0 radical (unpaired) electrons. The Balaban J connectivity index is 2.29. The summed E-state index contributed by atoms with van der Waals surface area (Å²) in [5, 5.41) is 15.4. The fourth-order valence-electron chi connectivity index (χ4n) is 2.10. The van der Waals surface area contributed by atoms with Crippen molar-refractivity contribution in [2.45, 2.75) is 19.4 Å². The number of anilines is 2.